The molecule has 2 N–H and O–H groups in total. The predicted octanol–water partition coefficient (Wildman–Crippen LogP) is -0.638. The lowest BCUT2D eigenvalue weighted by molar-refractivity contribution is -0.283. The van der Waals surface area contributed by atoms with Crippen LogP contribution in [0, 0.1) is 5.92 Å². The van der Waals surface area contributed by atoms with Gasteiger partial charge in [0, 0.05) is 20.1 Å². The fourth-order valence-corrected chi connectivity index (χ4v) is 1.82. The van der Waals surface area contributed by atoms with Gasteiger partial charge in [-0.25, -0.2) is 0 Å². The third-order valence-corrected chi connectivity index (χ3v) is 2.70. The Morgan fingerprint density at radius 3 is 2.36 bits per heavy atom. The molecule has 2 unspecified atom stereocenters. The van der Waals surface area contributed by atoms with Gasteiger partial charge in [-0.15, -0.1) is 0 Å². The molecule has 0 aromatic carbocycles. The molecule has 1 saturated heterocycles. The van der Waals surface area contributed by atoms with Gasteiger partial charge in [0.1, 0.15) is 12.2 Å². The minimum atomic E-state index is -0.729. The lowest BCUT2D eigenvalue weighted by Crippen LogP contribution is -2.55. The SMILES string of the molecule is COC1OC(CO)[C@@H](OC)[C@@H](C)[C@@H]1O. The Hall–Kier alpha value is -0.200. The van der Waals surface area contributed by atoms with Gasteiger partial charge in [-0.3, -0.25) is 0 Å². The first-order valence-corrected chi connectivity index (χ1v) is 4.65. The van der Waals surface area contributed by atoms with Gasteiger partial charge in [0.15, 0.2) is 6.29 Å². The van der Waals surface area contributed by atoms with E-state index in [1.807, 2.05) is 6.92 Å². The zero-order valence-corrected chi connectivity index (χ0v) is 8.71. The smallest absolute Gasteiger partial charge is 0.183 e. The molecular formula is C9H18O5. The molecule has 1 heterocycles. The molecule has 84 valence electrons. The molecule has 0 amide bonds. The maximum atomic E-state index is 9.74. The van der Waals surface area contributed by atoms with E-state index in [-0.39, 0.29) is 18.6 Å². The molecule has 1 fully saturated rings. The Labute approximate surface area is 83.6 Å². The van der Waals surface area contributed by atoms with Gasteiger partial charge >= 0.3 is 0 Å². The number of hydrogen-bond acceptors (Lipinski definition) is 5. The van der Waals surface area contributed by atoms with E-state index in [9.17, 15) is 5.11 Å². The highest BCUT2D eigenvalue weighted by molar-refractivity contribution is 4.87. The Morgan fingerprint density at radius 1 is 1.29 bits per heavy atom. The first-order valence-electron chi connectivity index (χ1n) is 4.65. The first kappa shape index (κ1) is 11.9. The molecule has 1 aliphatic heterocycles. The highest BCUT2D eigenvalue weighted by atomic mass is 16.7. The van der Waals surface area contributed by atoms with Gasteiger partial charge in [-0.2, -0.15) is 0 Å². The van der Waals surface area contributed by atoms with Crippen molar-refractivity contribution in [3.8, 4) is 0 Å². The van der Waals surface area contributed by atoms with Gasteiger partial charge < -0.3 is 24.4 Å². The minimum absolute atomic E-state index is 0.129. The summed E-state index contributed by atoms with van der Waals surface area (Å²) in [5, 5.41) is 18.8. The Morgan fingerprint density at radius 2 is 1.93 bits per heavy atom. The zero-order valence-electron chi connectivity index (χ0n) is 8.71. The van der Waals surface area contributed by atoms with E-state index in [4.69, 9.17) is 19.3 Å². The van der Waals surface area contributed by atoms with Crippen molar-refractivity contribution < 1.29 is 24.4 Å². The van der Waals surface area contributed by atoms with Crippen LogP contribution in [0.2, 0.25) is 0 Å². The maximum absolute atomic E-state index is 9.74. The lowest BCUT2D eigenvalue weighted by Gasteiger charge is -2.41. The molecular weight excluding hydrogens is 188 g/mol. The normalized spacial score (nSPS) is 43.9. The molecule has 5 heteroatoms. The van der Waals surface area contributed by atoms with Gasteiger partial charge in [0.2, 0.25) is 0 Å². The van der Waals surface area contributed by atoms with E-state index in [1.165, 1.54) is 14.2 Å². The fourth-order valence-electron chi connectivity index (χ4n) is 1.82. The average Bonchev–Trinajstić information content (AvgIpc) is 2.21. The molecule has 0 radical (unpaired) electrons. The van der Waals surface area contributed by atoms with Crippen LogP contribution >= 0.6 is 0 Å². The van der Waals surface area contributed by atoms with Crippen LogP contribution < -0.4 is 0 Å². The second kappa shape index (κ2) is 5.04. The van der Waals surface area contributed by atoms with Gasteiger partial charge in [0.25, 0.3) is 0 Å². The number of ether oxygens (including phenoxy) is 3. The summed E-state index contributed by atoms with van der Waals surface area (Å²) < 4.78 is 15.5. The van der Waals surface area contributed by atoms with E-state index in [2.05, 4.69) is 0 Å². The van der Waals surface area contributed by atoms with E-state index in [0.29, 0.717) is 0 Å². The molecule has 14 heavy (non-hydrogen) atoms. The standard InChI is InChI=1S/C9H18O5/c1-5-7(11)9(13-3)14-6(4-10)8(5)12-2/h5-11H,4H2,1-3H3/t5-,6?,7-,8-,9?/m0/s1. The number of aliphatic hydroxyl groups excluding tert-OH is 2. The van der Waals surface area contributed by atoms with E-state index in [0.717, 1.165) is 0 Å². The van der Waals surface area contributed by atoms with E-state index < -0.39 is 18.5 Å². The first-order chi connectivity index (χ1) is 6.65. The predicted molar refractivity (Wildman–Crippen MR) is 48.7 cm³/mol. The highest BCUT2D eigenvalue weighted by Gasteiger charge is 2.42. The van der Waals surface area contributed by atoms with E-state index in [1.54, 1.807) is 0 Å². The fraction of sp³-hybridized carbons (Fsp3) is 1.00. The number of aliphatic hydroxyl groups is 2. The summed E-state index contributed by atoms with van der Waals surface area (Å²) in [5.74, 6) is -0.129. The summed E-state index contributed by atoms with van der Waals surface area (Å²) in [6.07, 6.45) is -2.16. The molecule has 0 aliphatic carbocycles. The van der Waals surface area contributed by atoms with E-state index >= 15 is 0 Å². The van der Waals surface area contributed by atoms with Crippen molar-refractivity contribution >= 4 is 0 Å². The zero-order chi connectivity index (χ0) is 10.7. The van der Waals surface area contributed by atoms with Gasteiger partial charge in [-0.1, -0.05) is 6.92 Å². The summed E-state index contributed by atoms with van der Waals surface area (Å²) in [4.78, 5) is 0. The molecule has 1 aliphatic rings. The Bertz CT molecular complexity index is 173. The molecule has 0 aromatic heterocycles. The molecule has 0 spiro atoms. The van der Waals surface area contributed by atoms with Crippen LogP contribution in [0.5, 0.6) is 0 Å². The topological polar surface area (TPSA) is 68.2 Å². The van der Waals surface area contributed by atoms with Crippen LogP contribution in [0.25, 0.3) is 0 Å². The molecule has 1 rings (SSSR count). The van der Waals surface area contributed by atoms with Crippen LogP contribution in [0.4, 0.5) is 0 Å². The van der Waals surface area contributed by atoms with Crippen molar-refractivity contribution in [2.75, 3.05) is 20.8 Å². The van der Waals surface area contributed by atoms with Crippen LogP contribution in [-0.2, 0) is 14.2 Å². The minimum Gasteiger partial charge on any atom is -0.394 e. The van der Waals surface area contributed by atoms with Crippen LogP contribution in [0.3, 0.4) is 0 Å². The summed E-state index contributed by atoms with van der Waals surface area (Å²) >= 11 is 0. The second-order valence-corrected chi connectivity index (χ2v) is 3.51. The molecule has 0 aromatic rings. The van der Waals surface area contributed by atoms with Crippen molar-refractivity contribution in [2.24, 2.45) is 5.92 Å². The summed E-state index contributed by atoms with van der Waals surface area (Å²) in [5.41, 5.74) is 0. The van der Waals surface area contributed by atoms with Crippen LogP contribution in [0.1, 0.15) is 6.92 Å². The van der Waals surface area contributed by atoms with Gasteiger partial charge in [-0.05, 0) is 0 Å². The summed E-state index contributed by atoms with van der Waals surface area (Å²) in [6, 6.07) is 0. The van der Waals surface area contributed by atoms with Crippen molar-refractivity contribution in [3.63, 3.8) is 0 Å². The van der Waals surface area contributed by atoms with Crippen molar-refractivity contribution in [1.29, 1.82) is 0 Å². The van der Waals surface area contributed by atoms with Crippen molar-refractivity contribution in [3.05, 3.63) is 0 Å². The third kappa shape index (κ3) is 2.07. The Balaban J connectivity index is 2.71. The number of rotatable bonds is 3. The maximum Gasteiger partial charge on any atom is 0.183 e. The number of methoxy groups -OCH3 is 2. The monoisotopic (exact) mass is 206 g/mol. The largest absolute Gasteiger partial charge is 0.394 e. The molecule has 0 saturated carbocycles. The second-order valence-electron chi connectivity index (χ2n) is 3.51. The average molecular weight is 206 g/mol. The number of hydrogen-bond donors (Lipinski definition) is 2. The third-order valence-electron chi connectivity index (χ3n) is 2.70. The van der Waals surface area contributed by atoms with Crippen molar-refractivity contribution in [2.45, 2.75) is 31.5 Å². The molecule has 5 atom stereocenters. The van der Waals surface area contributed by atoms with Gasteiger partial charge in [0.05, 0.1) is 12.7 Å². The molecule has 5 nitrogen and oxygen atoms in total. The molecule has 0 bridgehead atoms. The lowest BCUT2D eigenvalue weighted by atomic mass is 9.91. The van der Waals surface area contributed by atoms with Crippen LogP contribution in [0.15, 0.2) is 0 Å². The highest BCUT2D eigenvalue weighted by Crippen LogP contribution is 2.27. The van der Waals surface area contributed by atoms with Crippen molar-refractivity contribution in [1.82, 2.24) is 0 Å². The van der Waals surface area contributed by atoms with Crippen LogP contribution in [-0.4, -0.2) is 55.6 Å². The Kier molecular flexibility index (Phi) is 4.28. The summed E-state index contributed by atoms with van der Waals surface area (Å²) in [6.45, 7) is 1.70. The quantitative estimate of drug-likeness (QED) is 0.643. The summed E-state index contributed by atoms with van der Waals surface area (Å²) in [7, 11) is 3.00.